The number of unbranched alkanes of at least 4 members (excludes halogenated alkanes) is 4. The molecule has 0 aliphatic carbocycles. The number of aromatic amines is 2. The molecule has 0 fully saturated rings. The van der Waals surface area contributed by atoms with E-state index in [9.17, 15) is 9.59 Å². The molecule has 2 rings (SSSR count). The average Bonchev–Trinajstić information content (AvgIpc) is 2.48. The fourth-order valence-corrected chi connectivity index (χ4v) is 2.38. The van der Waals surface area contributed by atoms with Crippen LogP contribution in [0.25, 0.3) is 0 Å². The van der Waals surface area contributed by atoms with Gasteiger partial charge >= 0.3 is 5.69 Å². The predicted octanol–water partition coefficient (Wildman–Crippen LogP) is 3.32. The summed E-state index contributed by atoms with van der Waals surface area (Å²) in [5.74, 6) is 0.390. The fourth-order valence-electron chi connectivity index (χ4n) is 2.38. The minimum absolute atomic E-state index is 0.390. The van der Waals surface area contributed by atoms with Crippen LogP contribution in [0.4, 0.5) is 11.5 Å². The number of aryl methyl sites for hydroxylation is 1. The molecule has 0 radical (unpaired) electrons. The molecule has 5 heteroatoms. The summed E-state index contributed by atoms with van der Waals surface area (Å²) in [5, 5.41) is 3.02. The minimum Gasteiger partial charge on any atom is -0.342 e. The third-order valence-corrected chi connectivity index (χ3v) is 3.56. The smallest absolute Gasteiger partial charge is 0.327 e. The van der Waals surface area contributed by atoms with Gasteiger partial charge in [-0.1, -0.05) is 44.7 Å². The maximum absolute atomic E-state index is 11.2. The van der Waals surface area contributed by atoms with Crippen molar-refractivity contribution in [3.8, 4) is 0 Å². The molecule has 3 N–H and O–H groups in total. The molecule has 118 valence electrons. The molecule has 0 saturated carbocycles. The molecule has 0 atom stereocenters. The third-order valence-electron chi connectivity index (χ3n) is 3.56. The van der Waals surface area contributed by atoms with E-state index in [1.165, 1.54) is 43.7 Å². The summed E-state index contributed by atoms with van der Waals surface area (Å²) in [7, 11) is 0. The molecule has 0 aliphatic rings. The Morgan fingerprint density at radius 1 is 0.955 bits per heavy atom. The summed E-state index contributed by atoms with van der Waals surface area (Å²) in [4.78, 5) is 27.1. The zero-order chi connectivity index (χ0) is 15.8. The zero-order valence-electron chi connectivity index (χ0n) is 12.9. The molecular formula is C17H23N3O2. The van der Waals surface area contributed by atoms with Crippen molar-refractivity contribution in [3.63, 3.8) is 0 Å². The number of H-pyrrole nitrogens is 2. The summed E-state index contributed by atoms with van der Waals surface area (Å²) in [6.07, 6.45) is 7.48. The summed E-state index contributed by atoms with van der Waals surface area (Å²) in [5.41, 5.74) is 1.21. The van der Waals surface area contributed by atoms with Crippen LogP contribution in [0.1, 0.15) is 44.6 Å². The number of nitrogens with one attached hydrogen (secondary N) is 3. The molecule has 0 saturated heterocycles. The lowest BCUT2D eigenvalue weighted by molar-refractivity contribution is 0.632. The second-order valence-corrected chi connectivity index (χ2v) is 5.49. The molecule has 1 aromatic carbocycles. The number of aromatic nitrogens is 2. The van der Waals surface area contributed by atoms with E-state index in [-0.39, 0.29) is 0 Å². The Kier molecular flexibility index (Phi) is 6.01. The lowest BCUT2D eigenvalue weighted by Crippen LogP contribution is -2.22. The molecular weight excluding hydrogens is 278 g/mol. The van der Waals surface area contributed by atoms with Gasteiger partial charge in [-0.15, -0.1) is 0 Å². The number of hydrogen-bond acceptors (Lipinski definition) is 3. The Morgan fingerprint density at radius 2 is 1.68 bits per heavy atom. The Bertz CT molecular complexity index is 658. The van der Waals surface area contributed by atoms with Gasteiger partial charge in [0.1, 0.15) is 5.82 Å². The van der Waals surface area contributed by atoms with Gasteiger partial charge in [0.05, 0.1) is 0 Å². The van der Waals surface area contributed by atoms with Gasteiger partial charge in [0, 0.05) is 11.8 Å². The van der Waals surface area contributed by atoms with Crippen LogP contribution in [0.2, 0.25) is 0 Å². The van der Waals surface area contributed by atoms with Gasteiger partial charge in [0.2, 0.25) is 0 Å². The van der Waals surface area contributed by atoms with Crippen molar-refractivity contribution >= 4 is 11.5 Å². The molecule has 22 heavy (non-hydrogen) atoms. The SMILES string of the molecule is CCCCCCCc1ccc(Nc2cc(=O)[nH]c(=O)[nH]2)cc1. The first-order chi connectivity index (χ1) is 10.7. The normalized spacial score (nSPS) is 10.6. The van der Waals surface area contributed by atoms with Crippen molar-refractivity contribution in [3.05, 3.63) is 56.7 Å². The highest BCUT2D eigenvalue weighted by Gasteiger charge is 1.99. The van der Waals surface area contributed by atoms with Crippen molar-refractivity contribution in [2.45, 2.75) is 45.4 Å². The van der Waals surface area contributed by atoms with Crippen molar-refractivity contribution in [1.82, 2.24) is 9.97 Å². The molecule has 0 amide bonds. The highest BCUT2D eigenvalue weighted by atomic mass is 16.2. The molecule has 1 heterocycles. The maximum Gasteiger partial charge on any atom is 0.327 e. The van der Waals surface area contributed by atoms with E-state index >= 15 is 0 Å². The lowest BCUT2D eigenvalue weighted by atomic mass is 10.1. The predicted molar refractivity (Wildman–Crippen MR) is 89.9 cm³/mol. The molecule has 0 aliphatic heterocycles. The van der Waals surface area contributed by atoms with E-state index in [4.69, 9.17) is 0 Å². The molecule has 0 bridgehead atoms. The van der Waals surface area contributed by atoms with Crippen molar-refractivity contribution in [2.75, 3.05) is 5.32 Å². The van der Waals surface area contributed by atoms with E-state index < -0.39 is 11.2 Å². The van der Waals surface area contributed by atoms with E-state index in [1.54, 1.807) is 0 Å². The molecule has 5 nitrogen and oxygen atoms in total. The summed E-state index contributed by atoms with van der Waals surface area (Å²) < 4.78 is 0. The Labute approximate surface area is 129 Å². The summed E-state index contributed by atoms with van der Waals surface area (Å²) >= 11 is 0. The first-order valence-electron chi connectivity index (χ1n) is 7.87. The Morgan fingerprint density at radius 3 is 2.36 bits per heavy atom. The second kappa shape index (κ2) is 8.22. The van der Waals surface area contributed by atoms with Gasteiger partial charge in [-0.2, -0.15) is 0 Å². The number of rotatable bonds is 8. The quantitative estimate of drug-likeness (QED) is 0.654. The van der Waals surface area contributed by atoms with Crippen LogP contribution < -0.4 is 16.6 Å². The third kappa shape index (κ3) is 5.24. The fraction of sp³-hybridized carbons (Fsp3) is 0.412. The topological polar surface area (TPSA) is 77.8 Å². The van der Waals surface area contributed by atoms with E-state index in [0.717, 1.165) is 12.1 Å². The van der Waals surface area contributed by atoms with Crippen LogP contribution in [0.3, 0.4) is 0 Å². The van der Waals surface area contributed by atoms with Crippen LogP contribution in [0.15, 0.2) is 39.9 Å². The Balaban J connectivity index is 1.88. The van der Waals surface area contributed by atoms with Crippen molar-refractivity contribution in [2.24, 2.45) is 0 Å². The van der Waals surface area contributed by atoms with Crippen LogP contribution in [-0.4, -0.2) is 9.97 Å². The largest absolute Gasteiger partial charge is 0.342 e. The molecule has 1 aromatic heterocycles. The maximum atomic E-state index is 11.2. The van der Waals surface area contributed by atoms with Gasteiger partial charge in [-0.3, -0.25) is 14.8 Å². The van der Waals surface area contributed by atoms with Gasteiger partial charge in [0.15, 0.2) is 0 Å². The Hall–Kier alpha value is -2.30. The highest BCUT2D eigenvalue weighted by Crippen LogP contribution is 2.15. The molecule has 2 aromatic rings. The van der Waals surface area contributed by atoms with Crippen LogP contribution in [-0.2, 0) is 6.42 Å². The van der Waals surface area contributed by atoms with Gasteiger partial charge in [-0.05, 0) is 30.5 Å². The average molecular weight is 301 g/mol. The highest BCUT2D eigenvalue weighted by molar-refractivity contribution is 5.55. The van der Waals surface area contributed by atoms with Gasteiger partial charge in [-0.25, -0.2) is 4.79 Å². The number of benzene rings is 1. The van der Waals surface area contributed by atoms with Crippen molar-refractivity contribution in [1.29, 1.82) is 0 Å². The lowest BCUT2D eigenvalue weighted by Gasteiger charge is -2.07. The van der Waals surface area contributed by atoms with E-state index in [0.29, 0.717) is 5.82 Å². The van der Waals surface area contributed by atoms with E-state index in [1.807, 2.05) is 12.1 Å². The van der Waals surface area contributed by atoms with Crippen LogP contribution >= 0.6 is 0 Å². The van der Waals surface area contributed by atoms with Crippen molar-refractivity contribution < 1.29 is 0 Å². The second-order valence-electron chi connectivity index (χ2n) is 5.49. The number of hydrogen-bond donors (Lipinski definition) is 3. The van der Waals surface area contributed by atoms with Crippen LogP contribution in [0.5, 0.6) is 0 Å². The summed E-state index contributed by atoms with van der Waals surface area (Å²) in [6, 6.07) is 9.39. The van der Waals surface area contributed by atoms with E-state index in [2.05, 4.69) is 34.3 Å². The number of anilines is 2. The van der Waals surface area contributed by atoms with Crippen LogP contribution in [0, 0.1) is 0 Å². The zero-order valence-corrected chi connectivity index (χ0v) is 12.9. The van der Waals surface area contributed by atoms with Gasteiger partial charge < -0.3 is 5.32 Å². The monoisotopic (exact) mass is 301 g/mol. The minimum atomic E-state index is -0.515. The van der Waals surface area contributed by atoms with Gasteiger partial charge in [0.25, 0.3) is 5.56 Å². The molecule has 0 unspecified atom stereocenters. The molecule has 0 spiro atoms. The first kappa shape index (κ1) is 16.1. The standard InChI is InChI=1S/C17H23N3O2/c1-2-3-4-5-6-7-13-8-10-14(11-9-13)18-15-12-16(21)20-17(22)19-15/h8-12H,2-7H2,1H3,(H3,18,19,20,21,22). The first-order valence-corrected chi connectivity index (χ1v) is 7.87. The summed E-state index contributed by atoms with van der Waals surface area (Å²) in [6.45, 7) is 2.22.